The van der Waals surface area contributed by atoms with Gasteiger partial charge in [-0.2, -0.15) is 0 Å². The molecule has 0 amide bonds. The lowest BCUT2D eigenvalue weighted by Gasteiger charge is -2.11. The van der Waals surface area contributed by atoms with E-state index in [4.69, 9.17) is 4.74 Å². The van der Waals surface area contributed by atoms with E-state index in [1.54, 1.807) is 41.8 Å². The number of benzene rings is 1. The monoisotopic (exact) mass is 413 g/mol. The fraction of sp³-hybridized carbons (Fsp3) is 0.286. The number of pyridine rings is 1. The van der Waals surface area contributed by atoms with Crippen LogP contribution in [0, 0.1) is 5.82 Å². The lowest BCUT2D eigenvalue weighted by Crippen LogP contribution is -2.36. The highest BCUT2D eigenvalue weighted by Crippen LogP contribution is 2.24. The van der Waals surface area contributed by atoms with E-state index in [0.29, 0.717) is 24.8 Å². The van der Waals surface area contributed by atoms with Crippen LogP contribution in [0.1, 0.15) is 29.3 Å². The molecular weight excluding hydrogens is 389 g/mol. The van der Waals surface area contributed by atoms with Crippen LogP contribution >= 0.6 is 11.3 Å². The zero-order chi connectivity index (χ0) is 20.5. The van der Waals surface area contributed by atoms with E-state index in [1.165, 1.54) is 17.1 Å². The van der Waals surface area contributed by atoms with Crippen molar-refractivity contribution in [2.24, 2.45) is 4.99 Å². The number of thiazole rings is 1. The third kappa shape index (κ3) is 6.25. The first-order valence-corrected chi connectivity index (χ1v) is 10.3. The minimum Gasteiger partial charge on any atom is -0.453 e. The van der Waals surface area contributed by atoms with E-state index in [0.717, 1.165) is 23.5 Å². The summed E-state index contributed by atoms with van der Waals surface area (Å²) in [6.07, 6.45) is 6.07. The molecule has 0 aliphatic rings. The molecule has 0 saturated heterocycles. The van der Waals surface area contributed by atoms with Crippen LogP contribution in [0.25, 0.3) is 0 Å². The lowest BCUT2D eigenvalue weighted by atomic mass is 10.2. The average molecular weight is 414 g/mol. The molecule has 0 unspecified atom stereocenters. The fourth-order valence-corrected chi connectivity index (χ4v) is 3.33. The Morgan fingerprint density at radius 1 is 1.21 bits per heavy atom. The number of halogens is 1. The molecule has 2 heterocycles. The third-order valence-electron chi connectivity index (χ3n) is 3.98. The Kier molecular flexibility index (Phi) is 7.52. The minimum atomic E-state index is -0.436. The molecule has 6 nitrogen and oxygen atoms in total. The van der Waals surface area contributed by atoms with E-state index in [9.17, 15) is 4.39 Å². The number of aliphatic imine (C=N–C) groups is 1. The Morgan fingerprint density at radius 3 is 2.79 bits per heavy atom. The summed E-state index contributed by atoms with van der Waals surface area (Å²) in [6.45, 7) is 5.79. The van der Waals surface area contributed by atoms with Gasteiger partial charge in [0, 0.05) is 23.8 Å². The van der Waals surface area contributed by atoms with Gasteiger partial charge in [0.25, 0.3) is 0 Å². The molecule has 1 aromatic carbocycles. The second-order valence-corrected chi connectivity index (χ2v) is 7.38. The quantitative estimate of drug-likeness (QED) is 0.426. The number of hydrogen-bond acceptors (Lipinski definition) is 5. The number of rotatable bonds is 8. The van der Waals surface area contributed by atoms with Gasteiger partial charge >= 0.3 is 0 Å². The van der Waals surface area contributed by atoms with Gasteiger partial charge < -0.3 is 15.4 Å². The number of hydrogen-bond donors (Lipinski definition) is 2. The van der Waals surface area contributed by atoms with Gasteiger partial charge in [0.05, 0.1) is 19.3 Å². The summed E-state index contributed by atoms with van der Waals surface area (Å²) in [6, 6.07) is 8.31. The van der Waals surface area contributed by atoms with Crippen LogP contribution in [-0.2, 0) is 19.5 Å². The van der Waals surface area contributed by atoms with Crippen molar-refractivity contribution in [1.29, 1.82) is 0 Å². The van der Waals surface area contributed by atoms with Crippen molar-refractivity contribution in [3.63, 3.8) is 0 Å². The normalized spacial score (nSPS) is 11.3. The lowest BCUT2D eigenvalue weighted by molar-refractivity contribution is 0.440. The largest absolute Gasteiger partial charge is 0.453 e. The molecule has 0 atom stereocenters. The maximum absolute atomic E-state index is 14.4. The van der Waals surface area contributed by atoms with Gasteiger partial charge in [-0.15, -0.1) is 11.3 Å². The molecule has 8 heteroatoms. The highest BCUT2D eigenvalue weighted by atomic mass is 32.1. The molecular formula is C21H24FN5OS. The Hall–Kier alpha value is -3.00. The molecule has 0 bridgehead atoms. The first-order valence-electron chi connectivity index (χ1n) is 9.50. The van der Waals surface area contributed by atoms with Crippen LogP contribution in [-0.4, -0.2) is 22.5 Å². The molecule has 0 aliphatic carbocycles. The molecule has 0 radical (unpaired) electrons. The molecule has 152 valence electrons. The van der Waals surface area contributed by atoms with Crippen LogP contribution < -0.4 is 15.4 Å². The second kappa shape index (κ2) is 10.5. The summed E-state index contributed by atoms with van der Waals surface area (Å²) in [5.41, 5.74) is 0.751. The Morgan fingerprint density at radius 2 is 2.10 bits per heavy atom. The molecule has 29 heavy (non-hydrogen) atoms. The fourth-order valence-electron chi connectivity index (χ4n) is 2.52. The number of aryl methyl sites for hydroxylation is 1. The zero-order valence-corrected chi connectivity index (χ0v) is 17.3. The smallest absolute Gasteiger partial charge is 0.191 e. The average Bonchev–Trinajstić information content (AvgIpc) is 3.21. The van der Waals surface area contributed by atoms with Crippen LogP contribution in [0.15, 0.2) is 53.9 Å². The maximum Gasteiger partial charge on any atom is 0.191 e. The second-order valence-electron chi connectivity index (χ2n) is 6.18. The number of guanidine groups is 1. The Balaban J connectivity index is 1.61. The summed E-state index contributed by atoms with van der Waals surface area (Å²) in [7, 11) is 0. The van der Waals surface area contributed by atoms with E-state index in [1.807, 2.05) is 13.1 Å². The van der Waals surface area contributed by atoms with Gasteiger partial charge in [-0.25, -0.2) is 14.4 Å². The maximum atomic E-state index is 14.4. The van der Waals surface area contributed by atoms with Crippen molar-refractivity contribution in [2.75, 3.05) is 6.54 Å². The number of aromatic nitrogens is 2. The van der Waals surface area contributed by atoms with E-state index < -0.39 is 5.82 Å². The van der Waals surface area contributed by atoms with Gasteiger partial charge in [-0.05, 0) is 43.2 Å². The predicted molar refractivity (Wildman–Crippen MR) is 114 cm³/mol. The topological polar surface area (TPSA) is 71.4 Å². The summed E-state index contributed by atoms with van der Waals surface area (Å²) < 4.78 is 19.9. The number of nitrogens with zero attached hydrogens (tertiary/aromatic N) is 3. The molecule has 2 aromatic heterocycles. The molecule has 0 fully saturated rings. The van der Waals surface area contributed by atoms with E-state index >= 15 is 0 Å². The summed E-state index contributed by atoms with van der Waals surface area (Å²) >= 11 is 1.69. The van der Waals surface area contributed by atoms with Crippen LogP contribution in [0.2, 0.25) is 0 Å². The Labute approximate surface area is 173 Å². The minimum absolute atomic E-state index is 0.159. The standard InChI is InChI=1S/C21H24FN5OS/c1-3-17-13-25-20(29-17)14-27-21(24-4-2)26-11-15-7-8-19(18(22)10-15)28-16-6-5-9-23-12-16/h5-10,12-13H,3-4,11,14H2,1-2H3,(H2,24,26,27). The van der Waals surface area contributed by atoms with Crippen LogP contribution in [0.5, 0.6) is 11.5 Å². The van der Waals surface area contributed by atoms with Gasteiger partial charge in [0.2, 0.25) is 0 Å². The molecule has 3 rings (SSSR count). The van der Waals surface area contributed by atoms with Crippen molar-refractivity contribution in [2.45, 2.75) is 33.4 Å². The molecule has 0 spiro atoms. The highest BCUT2D eigenvalue weighted by molar-refractivity contribution is 7.11. The van der Waals surface area contributed by atoms with Crippen molar-refractivity contribution in [3.8, 4) is 11.5 Å². The SMILES string of the molecule is CCNC(=NCc1ccc(Oc2cccnc2)c(F)c1)NCc1ncc(CC)s1. The van der Waals surface area contributed by atoms with Gasteiger partial charge in [0.15, 0.2) is 17.5 Å². The van der Waals surface area contributed by atoms with Crippen LogP contribution in [0.4, 0.5) is 4.39 Å². The van der Waals surface area contributed by atoms with Crippen molar-refractivity contribution in [1.82, 2.24) is 20.6 Å². The van der Waals surface area contributed by atoms with E-state index in [2.05, 4.69) is 32.5 Å². The third-order valence-corrected chi connectivity index (χ3v) is 5.12. The summed E-state index contributed by atoms with van der Waals surface area (Å²) in [4.78, 5) is 14.1. The summed E-state index contributed by atoms with van der Waals surface area (Å²) in [5, 5.41) is 7.47. The van der Waals surface area contributed by atoms with Gasteiger partial charge in [-0.3, -0.25) is 4.98 Å². The highest BCUT2D eigenvalue weighted by Gasteiger charge is 2.07. The van der Waals surface area contributed by atoms with E-state index in [-0.39, 0.29) is 5.75 Å². The molecule has 3 aromatic rings. The Bertz CT molecular complexity index is 945. The van der Waals surface area contributed by atoms with Crippen molar-refractivity contribution in [3.05, 3.63) is 70.2 Å². The zero-order valence-electron chi connectivity index (χ0n) is 16.5. The van der Waals surface area contributed by atoms with Gasteiger partial charge in [-0.1, -0.05) is 13.0 Å². The molecule has 2 N–H and O–H groups in total. The first-order chi connectivity index (χ1) is 14.2. The predicted octanol–water partition coefficient (Wildman–Crippen LogP) is 4.29. The van der Waals surface area contributed by atoms with Crippen LogP contribution in [0.3, 0.4) is 0 Å². The van der Waals surface area contributed by atoms with Gasteiger partial charge in [0.1, 0.15) is 10.8 Å². The number of ether oxygens (including phenoxy) is 1. The van der Waals surface area contributed by atoms with Crippen molar-refractivity contribution < 1.29 is 9.13 Å². The molecule has 0 saturated carbocycles. The first kappa shape index (κ1) is 20.7. The summed E-state index contributed by atoms with van der Waals surface area (Å²) in [5.74, 6) is 0.877. The molecule has 0 aliphatic heterocycles. The number of nitrogens with one attached hydrogen (secondary N) is 2. The van der Waals surface area contributed by atoms with Crippen molar-refractivity contribution >= 4 is 17.3 Å².